The van der Waals surface area contributed by atoms with E-state index < -0.39 is 0 Å². The first-order chi connectivity index (χ1) is 6.56. The van der Waals surface area contributed by atoms with Crippen LogP contribution in [0.2, 0.25) is 0 Å². The minimum atomic E-state index is -0.359. The van der Waals surface area contributed by atoms with E-state index >= 15 is 0 Å². The molecule has 4 nitrogen and oxygen atoms in total. The molecule has 0 saturated carbocycles. The van der Waals surface area contributed by atoms with Gasteiger partial charge in [0.1, 0.15) is 0 Å². The zero-order valence-electron chi connectivity index (χ0n) is 8.04. The maximum absolute atomic E-state index is 11.4. The van der Waals surface area contributed by atoms with Crippen LogP contribution < -0.4 is 15.5 Å². The van der Waals surface area contributed by atoms with Crippen LogP contribution in [-0.4, -0.2) is 20.0 Å². The summed E-state index contributed by atoms with van der Waals surface area (Å²) in [7, 11) is 3.69. The second-order valence-electron chi connectivity index (χ2n) is 3.09. The lowest BCUT2D eigenvalue weighted by Gasteiger charge is -2.16. The van der Waals surface area contributed by atoms with Crippen molar-refractivity contribution in [3.05, 3.63) is 23.8 Å². The second-order valence-corrected chi connectivity index (χ2v) is 3.28. The average Bonchev–Trinajstić information content (AvgIpc) is 2.16. The van der Waals surface area contributed by atoms with Gasteiger partial charge in [0.05, 0.1) is 5.56 Å². The van der Waals surface area contributed by atoms with Gasteiger partial charge in [-0.15, -0.1) is 0 Å². The number of rotatable bonds is 2. The lowest BCUT2D eigenvalue weighted by Crippen LogP contribution is -2.19. The van der Waals surface area contributed by atoms with Gasteiger partial charge in [-0.2, -0.15) is 0 Å². The standard InChI is InChI=1S/C9H12ClN3O/c1-13(2)8-4-3-6(11)5-7(8)9(14)12-10/h3-5H,11H2,1-2H3,(H,12,14). The van der Waals surface area contributed by atoms with Gasteiger partial charge in [0.2, 0.25) is 0 Å². The highest BCUT2D eigenvalue weighted by atomic mass is 35.5. The van der Waals surface area contributed by atoms with Crippen LogP contribution in [0.5, 0.6) is 0 Å². The van der Waals surface area contributed by atoms with Gasteiger partial charge in [-0.3, -0.25) is 9.63 Å². The summed E-state index contributed by atoms with van der Waals surface area (Å²) in [5, 5.41) is 0. The van der Waals surface area contributed by atoms with Crippen molar-refractivity contribution >= 4 is 29.1 Å². The van der Waals surface area contributed by atoms with Crippen molar-refractivity contribution in [2.75, 3.05) is 24.7 Å². The Bertz CT molecular complexity index is 352. The van der Waals surface area contributed by atoms with Crippen LogP contribution in [0, 0.1) is 0 Å². The first kappa shape index (κ1) is 10.7. The minimum absolute atomic E-state index is 0.359. The first-order valence-electron chi connectivity index (χ1n) is 4.04. The molecule has 1 rings (SSSR count). The van der Waals surface area contributed by atoms with Crippen molar-refractivity contribution in [1.82, 2.24) is 4.84 Å². The summed E-state index contributed by atoms with van der Waals surface area (Å²) in [6.07, 6.45) is 0. The van der Waals surface area contributed by atoms with Gasteiger partial charge < -0.3 is 10.6 Å². The Morgan fingerprint density at radius 3 is 2.64 bits per heavy atom. The summed E-state index contributed by atoms with van der Waals surface area (Å²) in [4.78, 5) is 15.2. The summed E-state index contributed by atoms with van der Waals surface area (Å²) in [5.74, 6) is -0.359. The SMILES string of the molecule is CN(C)c1ccc(N)cc1C(=O)NCl. The number of halogens is 1. The molecule has 76 valence electrons. The highest BCUT2D eigenvalue weighted by molar-refractivity contribution is 6.25. The predicted molar refractivity (Wildman–Crippen MR) is 58.5 cm³/mol. The number of nitrogens with one attached hydrogen (secondary N) is 1. The third kappa shape index (κ3) is 2.09. The molecule has 0 bridgehead atoms. The minimum Gasteiger partial charge on any atom is -0.399 e. The van der Waals surface area contributed by atoms with E-state index in [0.717, 1.165) is 5.69 Å². The van der Waals surface area contributed by atoms with Crippen molar-refractivity contribution < 1.29 is 4.79 Å². The number of nitrogens with two attached hydrogens (primary N) is 1. The van der Waals surface area contributed by atoms with Crippen molar-refractivity contribution in [3.8, 4) is 0 Å². The van der Waals surface area contributed by atoms with E-state index in [4.69, 9.17) is 17.5 Å². The number of anilines is 2. The quantitative estimate of drug-likeness (QED) is 0.574. The Labute approximate surface area is 87.8 Å². The third-order valence-corrected chi connectivity index (χ3v) is 2.00. The number of carbonyl (C=O) groups is 1. The zero-order valence-corrected chi connectivity index (χ0v) is 8.80. The van der Waals surface area contributed by atoms with E-state index in [-0.39, 0.29) is 5.91 Å². The molecule has 0 aliphatic carbocycles. The molecule has 1 aromatic rings. The van der Waals surface area contributed by atoms with Crippen LogP contribution >= 0.6 is 11.8 Å². The molecule has 0 saturated heterocycles. The average molecular weight is 214 g/mol. The molecule has 0 radical (unpaired) electrons. The number of nitrogen functional groups attached to an aromatic ring is 1. The van der Waals surface area contributed by atoms with Gasteiger partial charge in [0.15, 0.2) is 0 Å². The highest BCUT2D eigenvalue weighted by Crippen LogP contribution is 2.21. The molecule has 5 heteroatoms. The van der Waals surface area contributed by atoms with E-state index in [1.165, 1.54) is 0 Å². The largest absolute Gasteiger partial charge is 0.399 e. The molecule has 0 aliphatic heterocycles. The molecular weight excluding hydrogens is 202 g/mol. The maximum Gasteiger partial charge on any atom is 0.267 e. The van der Waals surface area contributed by atoms with Gasteiger partial charge in [-0.1, -0.05) is 0 Å². The number of benzene rings is 1. The fraction of sp³-hybridized carbons (Fsp3) is 0.222. The zero-order chi connectivity index (χ0) is 10.7. The van der Waals surface area contributed by atoms with E-state index in [1.807, 2.05) is 19.0 Å². The summed E-state index contributed by atoms with van der Waals surface area (Å²) in [6, 6.07) is 5.10. The van der Waals surface area contributed by atoms with Gasteiger partial charge in [-0.25, -0.2) is 0 Å². The predicted octanol–water partition coefficient (Wildman–Crippen LogP) is 1.22. The van der Waals surface area contributed by atoms with E-state index in [2.05, 4.69) is 4.84 Å². The fourth-order valence-electron chi connectivity index (χ4n) is 1.18. The summed E-state index contributed by atoms with van der Waals surface area (Å²) in [5.41, 5.74) is 7.35. The highest BCUT2D eigenvalue weighted by Gasteiger charge is 2.11. The Morgan fingerprint density at radius 1 is 1.50 bits per heavy atom. The smallest absolute Gasteiger partial charge is 0.267 e. The number of hydrogen-bond donors (Lipinski definition) is 2. The molecule has 0 aromatic heterocycles. The van der Waals surface area contributed by atoms with Gasteiger partial charge >= 0.3 is 0 Å². The van der Waals surface area contributed by atoms with Gasteiger partial charge in [-0.05, 0) is 18.2 Å². The fourth-order valence-corrected chi connectivity index (χ4v) is 1.28. The Balaban J connectivity index is 3.22. The van der Waals surface area contributed by atoms with Crippen LogP contribution in [0.4, 0.5) is 11.4 Å². The van der Waals surface area contributed by atoms with E-state index in [1.54, 1.807) is 18.2 Å². The molecule has 1 aromatic carbocycles. The van der Waals surface area contributed by atoms with Crippen LogP contribution in [0.25, 0.3) is 0 Å². The molecule has 0 unspecified atom stereocenters. The summed E-state index contributed by atoms with van der Waals surface area (Å²) in [6.45, 7) is 0. The number of carbonyl (C=O) groups excluding carboxylic acids is 1. The third-order valence-electron chi connectivity index (χ3n) is 1.83. The lowest BCUT2D eigenvalue weighted by atomic mass is 10.1. The van der Waals surface area contributed by atoms with Crippen molar-refractivity contribution in [2.24, 2.45) is 0 Å². The monoisotopic (exact) mass is 213 g/mol. The molecule has 0 heterocycles. The van der Waals surface area contributed by atoms with Crippen molar-refractivity contribution in [2.45, 2.75) is 0 Å². The van der Waals surface area contributed by atoms with Gasteiger partial charge in [0, 0.05) is 37.2 Å². The van der Waals surface area contributed by atoms with Crippen molar-refractivity contribution in [3.63, 3.8) is 0 Å². The number of hydrogen-bond acceptors (Lipinski definition) is 3. The van der Waals surface area contributed by atoms with Crippen LogP contribution in [0.3, 0.4) is 0 Å². The molecule has 0 spiro atoms. The van der Waals surface area contributed by atoms with Gasteiger partial charge in [0.25, 0.3) is 5.91 Å². The van der Waals surface area contributed by atoms with Crippen molar-refractivity contribution in [1.29, 1.82) is 0 Å². The van der Waals surface area contributed by atoms with E-state index in [0.29, 0.717) is 11.3 Å². The second kappa shape index (κ2) is 4.19. The molecule has 1 amide bonds. The Hall–Kier alpha value is -1.42. The molecule has 0 fully saturated rings. The van der Waals surface area contributed by atoms with Crippen LogP contribution in [-0.2, 0) is 0 Å². The maximum atomic E-state index is 11.4. The molecular formula is C9H12ClN3O. The summed E-state index contributed by atoms with van der Waals surface area (Å²) < 4.78 is 0. The molecule has 0 aliphatic rings. The number of nitrogens with zero attached hydrogens (tertiary/aromatic N) is 1. The Kier molecular flexibility index (Phi) is 3.19. The lowest BCUT2D eigenvalue weighted by molar-refractivity contribution is 0.0982. The topological polar surface area (TPSA) is 58.4 Å². The normalized spacial score (nSPS) is 9.64. The Morgan fingerprint density at radius 2 is 2.14 bits per heavy atom. The van der Waals surface area contributed by atoms with Crippen LogP contribution in [0.15, 0.2) is 18.2 Å². The summed E-state index contributed by atoms with van der Waals surface area (Å²) >= 11 is 5.26. The molecule has 0 atom stereocenters. The molecule has 3 N–H and O–H groups in total. The van der Waals surface area contributed by atoms with E-state index in [9.17, 15) is 4.79 Å². The number of amides is 1. The molecule has 14 heavy (non-hydrogen) atoms. The first-order valence-corrected chi connectivity index (χ1v) is 4.42. The van der Waals surface area contributed by atoms with Crippen LogP contribution in [0.1, 0.15) is 10.4 Å².